The molecule has 0 N–H and O–H groups in total. The van der Waals surface area contributed by atoms with E-state index in [0.717, 1.165) is 6.42 Å². The van der Waals surface area contributed by atoms with Gasteiger partial charge in [0, 0.05) is 30.3 Å². The van der Waals surface area contributed by atoms with E-state index < -0.39 is 4.92 Å². The summed E-state index contributed by atoms with van der Waals surface area (Å²) in [4.78, 5) is 24.7. The molecule has 1 saturated heterocycles. The number of nitrogens with zero attached hydrogens (tertiary/aromatic N) is 2. The second-order valence-corrected chi connectivity index (χ2v) is 4.86. The number of rotatable bonds is 3. The molecule has 108 valence electrons. The van der Waals surface area contributed by atoms with Gasteiger partial charge in [0.25, 0.3) is 11.6 Å². The van der Waals surface area contributed by atoms with Gasteiger partial charge < -0.3 is 9.64 Å². The first-order chi connectivity index (χ1) is 9.54. The van der Waals surface area contributed by atoms with Crippen LogP contribution >= 0.6 is 0 Å². The van der Waals surface area contributed by atoms with Crippen molar-refractivity contribution in [2.45, 2.75) is 26.4 Å². The van der Waals surface area contributed by atoms with E-state index in [-0.39, 0.29) is 17.7 Å². The van der Waals surface area contributed by atoms with Crippen molar-refractivity contribution in [3.63, 3.8) is 0 Å². The molecule has 1 heterocycles. The lowest BCUT2D eigenvalue weighted by atomic mass is 10.0. The summed E-state index contributed by atoms with van der Waals surface area (Å²) in [6.45, 7) is 5.20. The predicted molar refractivity (Wildman–Crippen MR) is 73.8 cm³/mol. The lowest BCUT2D eigenvalue weighted by Gasteiger charge is -2.32. The van der Waals surface area contributed by atoms with Crippen LogP contribution in [0.15, 0.2) is 18.2 Å². The number of morpholine rings is 1. The topological polar surface area (TPSA) is 72.7 Å². The molecule has 0 bridgehead atoms. The quantitative estimate of drug-likeness (QED) is 0.627. The minimum atomic E-state index is -0.458. The van der Waals surface area contributed by atoms with Crippen LogP contribution in [0.25, 0.3) is 0 Å². The van der Waals surface area contributed by atoms with Crippen molar-refractivity contribution in [2.75, 3.05) is 19.7 Å². The fraction of sp³-hybridized carbons (Fsp3) is 0.500. The molecular formula is C14H18N2O4. The highest BCUT2D eigenvalue weighted by Crippen LogP contribution is 2.23. The van der Waals surface area contributed by atoms with E-state index in [1.165, 1.54) is 6.07 Å². The Balaban J connectivity index is 2.25. The third-order valence-corrected chi connectivity index (χ3v) is 3.61. The van der Waals surface area contributed by atoms with Gasteiger partial charge in [0.05, 0.1) is 17.6 Å². The van der Waals surface area contributed by atoms with E-state index in [2.05, 4.69) is 0 Å². The third-order valence-electron chi connectivity index (χ3n) is 3.61. The number of hydrogen-bond donors (Lipinski definition) is 0. The van der Waals surface area contributed by atoms with Crippen molar-refractivity contribution in [3.8, 4) is 0 Å². The maximum absolute atomic E-state index is 12.5. The SMILES string of the molecule is CCC1CN(C(=O)c2cccc([N+](=O)[O-])c2C)CCO1. The van der Waals surface area contributed by atoms with Gasteiger partial charge in [-0.15, -0.1) is 0 Å². The molecule has 20 heavy (non-hydrogen) atoms. The molecule has 2 rings (SSSR count). The summed E-state index contributed by atoms with van der Waals surface area (Å²) < 4.78 is 5.53. The van der Waals surface area contributed by atoms with Crippen molar-refractivity contribution < 1.29 is 14.5 Å². The standard InChI is InChI=1S/C14H18N2O4/c1-3-11-9-15(7-8-20-11)14(17)12-5-4-6-13(10(12)2)16(18)19/h4-6,11H,3,7-9H2,1-2H3. The summed E-state index contributed by atoms with van der Waals surface area (Å²) in [5.41, 5.74) is 0.800. The van der Waals surface area contributed by atoms with E-state index in [0.29, 0.717) is 30.8 Å². The van der Waals surface area contributed by atoms with Gasteiger partial charge in [0.1, 0.15) is 0 Å². The molecule has 1 atom stereocenters. The van der Waals surface area contributed by atoms with Gasteiger partial charge in [-0.25, -0.2) is 0 Å². The molecule has 0 saturated carbocycles. The number of hydrogen-bond acceptors (Lipinski definition) is 4. The van der Waals surface area contributed by atoms with Crippen LogP contribution in [0.3, 0.4) is 0 Å². The summed E-state index contributed by atoms with van der Waals surface area (Å²) in [7, 11) is 0. The second-order valence-electron chi connectivity index (χ2n) is 4.86. The lowest BCUT2D eigenvalue weighted by Crippen LogP contribution is -2.45. The first-order valence-electron chi connectivity index (χ1n) is 6.69. The largest absolute Gasteiger partial charge is 0.375 e. The smallest absolute Gasteiger partial charge is 0.273 e. The van der Waals surface area contributed by atoms with Gasteiger partial charge in [-0.3, -0.25) is 14.9 Å². The molecule has 1 aliphatic rings. The lowest BCUT2D eigenvalue weighted by molar-refractivity contribution is -0.385. The molecule has 1 aromatic carbocycles. The van der Waals surface area contributed by atoms with Crippen LogP contribution in [0.2, 0.25) is 0 Å². The minimum Gasteiger partial charge on any atom is -0.375 e. The van der Waals surface area contributed by atoms with Crippen LogP contribution in [-0.4, -0.2) is 41.5 Å². The summed E-state index contributed by atoms with van der Waals surface area (Å²) in [6.07, 6.45) is 0.893. The molecule has 0 spiro atoms. The fourth-order valence-corrected chi connectivity index (χ4v) is 2.37. The molecule has 6 heteroatoms. The average molecular weight is 278 g/mol. The predicted octanol–water partition coefficient (Wildman–Crippen LogP) is 2.15. The minimum absolute atomic E-state index is 0.0175. The highest BCUT2D eigenvalue weighted by molar-refractivity contribution is 5.96. The van der Waals surface area contributed by atoms with Crippen LogP contribution in [0.1, 0.15) is 29.3 Å². The van der Waals surface area contributed by atoms with Gasteiger partial charge in [-0.05, 0) is 19.4 Å². The number of ether oxygens (including phenoxy) is 1. The highest BCUT2D eigenvalue weighted by atomic mass is 16.6. The van der Waals surface area contributed by atoms with Crippen molar-refractivity contribution in [1.29, 1.82) is 0 Å². The molecule has 0 aromatic heterocycles. The Labute approximate surface area is 117 Å². The molecule has 6 nitrogen and oxygen atoms in total. The van der Waals surface area contributed by atoms with Crippen LogP contribution < -0.4 is 0 Å². The normalized spacial score (nSPS) is 18.9. The number of benzene rings is 1. The Morgan fingerprint density at radius 3 is 2.95 bits per heavy atom. The fourth-order valence-electron chi connectivity index (χ4n) is 2.37. The molecule has 0 aliphatic carbocycles. The summed E-state index contributed by atoms with van der Waals surface area (Å²) >= 11 is 0. The Morgan fingerprint density at radius 2 is 2.30 bits per heavy atom. The van der Waals surface area contributed by atoms with Gasteiger partial charge in [0.15, 0.2) is 0 Å². The van der Waals surface area contributed by atoms with Gasteiger partial charge in [0.2, 0.25) is 0 Å². The molecule has 1 amide bonds. The molecular weight excluding hydrogens is 260 g/mol. The van der Waals surface area contributed by atoms with Gasteiger partial charge in [-0.2, -0.15) is 0 Å². The number of nitro groups is 1. The number of amides is 1. The number of carbonyl (C=O) groups excluding carboxylic acids is 1. The highest BCUT2D eigenvalue weighted by Gasteiger charge is 2.26. The Kier molecular flexibility index (Phi) is 4.34. The zero-order chi connectivity index (χ0) is 14.7. The molecule has 1 fully saturated rings. The van der Waals surface area contributed by atoms with Crippen LogP contribution in [0.4, 0.5) is 5.69 Å². The summed E-state index contributed by atoms with van der Waals surface area (Å²) in [6, 6.07) is 4.61. The van der Waals surface area contributed by atoms with E-state index in [4.69, 9.17) is 4.74 Å². The Morgan fingerprint density at radius 1 is 1.55 bits per heavy atom. The molecule has 1 aliphatic heterocycles. The zero-order valence-electron chi connectivity index (χ0n) is 11.7. The second kappa shape index (κ2) is 6.00. The Hall–Kier alpha value is -1.95. The maximum atomic E-state index is 12.5. The van der Waals surface area contributed by atoms with Crippen molar-refractivity contribution in [3.05, 3.63) is 39.4 Å². The zero-order valence-corrected chi connectivity index (χ0v) is 11.7. The monoisotopic (exact) mass is 278 g/mol. The van der Waals surface area contributed by atoms with E-state index in [9.17, 15) is 14.9 Å². The third kappa shape index (κ3) is 2.80. The molecule has 1 aromatic rings. The van der Waals surface area contributed by atoms with Crippen molar-refractivity contribution in [1.82, 2.24) is 4.90 Å². The summed E-state index contributed by atoms with van der Waals surface area (Å²) in [5, 5.41) is 10.9. The summed E-state index contributed by atoms with van der Waals surface area (Å²) in [5.74, 6) is -0.159. The van der Waals surface area contributed by atoms with E-state index in [1.807, 2.05) is 6.92 Å². The first-order valence-corrected chi connectivity index (χ1v) is 6.69. The van der Waals surface area contributed by atoms with E-state index >= 15 is 0 Å². The van der Waals surface area contributed by atoms with E-state index in [1.54, 1.807) is 24.0 Å². The van der Waals surface area contributed by atoms with Gasteiger partial charge in [-0.1, -0.05) is 13.0 Å². The van der Waals surface area contributed by atoms with Crippen LogP contribution in [-0.2, 0) is 4.74 Å². The Bertz CT molecular complexity index is 530. The van der Waals surface area contributed by atoms with Crippen LogP contribution in [0, 0.1) is 17.0 Å². The van der Waals surface area contributed by atoms with Crippen molar-refractivity contribution in [2.24, 2.45) is 0 Å². The average Bonchev–Trinajstić information content (AvgIpc) is 2.46. The molecule has 1 unspecified atom stereocenters. The maximum Gasteiger partial charge on any atom is 0.273 e. The van der Waals surface area contributed by atoms with Crippen LogP contribution in [0.5, 0.6) is 0 Å². The van der Waals surface area contributed by atoms with Gasteiger partial charge >= 0.3 is 0 Å². The first kappa shape index (κ1) is 14.5. The molecule has 0 radical (unpaired) electrons. The van der Waals surface area contributed by atoms with Crippen molar-refractivity contribution >= 4 is 11.6 Å². The number of nitro benzene ring substituents is 1. The number of carbonyl (C=O) groups is 1.